The Morgan fingerprint density at radius 3 is 2.27 bits per heavy atom. The minimum absolute atomic E-state index is 0.0970. The minimum atomic E-state index is 0.0970. The number of benzene rings is 1. The Labute approximate surface area is 84.8 Å². The van der Waals surface area contributed by atoms with Crippen molar-refractivity contribution < 1.29 is 4.85 Å². The summed E-state index contributed by atoms with van der Waals surface area (Å²) in [6, 6.07) is 1.56. The summed E-state index contributed by atoms with van der Waals surface area (Å²) in [6.45, 7) is 0. The molecule has 0 unspecified atom stereocenters. The number of aromatic nitrogens is 2. The van der Waals surface area contributed by atoms with E-state index < -0.39 is 0 Å². The Morgan fingerprint density at radius 1 is 1.00 bits per heavy atom. The van der Waals surface area contributed by atoms with E-state index in [1.54, 1.807) is 6.07 Å². The maximum atomic E-state index is 11.4. The van der Waals surface area contributed by atoms with E-state index in [-0.39, 0.29) is 28.3 Å². The molecule has 0 fully saturated rings. The van der Waals surface area contributed by atoms with Crippen molar-refractivity contribution in [1.29, 1.82) is 0 Å². The molecule has 15 heavy (non-hydrogen) atoms. The normalized spacial score (nSPS) is 10.7. The Bertz CT molecular complexity index is 553. The van der Waals surface area contributed by atoms with E-state index in [4.69, 9.17) is 22.9 Å². The lowest BCUT2D eigenvalue weighted by Gasteiger charge is -2.10. The molecular weight excluding hydrogens is 196 g/mol. The molecule has 0 spiro atoms. The van der Waals surface area contributed by atoms with Crippen molar-refractivity contribution in [2.24, 2.45) is 0 Å². The van der Waals surface area contributed by atoms with E-state index in [1.807, 2.05) is 0 Å². The third-order valence-corrected chi connectivity index (χ3v) is 2.27. The predicted octanol–water partition coefficient (Wildman–Crippen LogP) is -0.803. The maximum Gasteiger partial charge on any atom is 0.279 e. The second-order valence-electron chi connectivity index (χ2n) is 3.12. The molecule has 0 radical (unpaired) electrons. The van der Waals surface area contributed by atoms with Gasteiger partial charge in [-0.3, -0.25) is 0 Å². The molecule has 0 bridgehead atoms. The predicted molar refractivity (Wildman–Crippen MR) is 58.4 cm³/mol. The van der Waals surface area contributed by atoms with Gasteiger partial charge in [-0.2, -0.15) is 0 Å². The Balaban J connectivity index is 3.08. The van der Waals surface area contributed by atoms with Gasteiger partial charge < -0.3 is 28.1 Å². The molecule has 0 aliphatic heterocycles. The number of hydrogen-bond acceptors (Lipinski definition) is 6. The smallest absolute Gasteiger partial charge is 0.279 e. The number of fused-ring (bicyclic) bond motifs is 1. The lowest BCUT2D eigenvalue weighted by molar-refractivity contribution is -0.642. The first kappa shape index (κ1) is 9.13. The van der Waals surface area contributed by atoms with Crippen LogP contribution in [0.4, 0.5) is 22.7 Å². The number of nitrogens with zero attached hydrogens (tertiary/aromatic N) is 2. The van der Waals surface area contributed by atoms with Gasteiger partial charge in [0.25, 0.3) is 5.52 Å². The molecule has 0 saturated carbocycles. The van der Waals surface area contributed by atoms with Crippen LogP contribution < -0.4 is 27.8 Å². The molecule has 2 rings (SSSR count). The van der Waals surface area contributed by atoms with Crippen molar-refractivity contribution in [2.75, 3.05) is 22.9 Å². The van der Waals surface area contributed by atoms with E-state index in [1.165, 1.54) is 6.20 Å². The molecule has 78 valence electrons. The van der Waals surface area contributed by atoms with Gasteiger partial charge in [0.1, 0.15) is 5.69 Å². The van der Waals surface area contributed by atoms with Gasteiger partial charge in [0.05, 0.1) is 28.6 Å². The van der Waals surface area contributed by atoms with E-state index >= 15 is 0 Å². The monoisotopic (exact) mass is 206 g/mol. The molecule has 1 aromatic heterocycles. The fraction of sp³-hybridized carbons (Fsp3) is 0. The van der Waals surface area contributed by atoms with E-state index in [2.05, 4.69) is 5.10 Å². The van der Waals surface area contributed by atoms with Crippen LogP contribution in [0.25, 0.3) is 10.9 Å². The average Bonchev–Trinajstić information content (AvgIpc) is 2.23. The zero-order valence-electron chi connectivity index (χ0n) is 7.77. The van der Waals surface area contributed by atoms with Gasteiger partial charge in [-0.25, -0.2) is 0 Å². The van der Waals surface area contributed by atoms with Crippen molar-refractivity contribution >= 4 is 33.7 Å². The van der Waals surface area contributed by atoms with Crippen molar-refractivity contribution in [3.63, 3.8) is 0 Å². The molecule has 0 aliphatic rings. The highest BCUT2D eigenvalue weighted by molar-refractivity contribution is 6.08. The molecule has 0 atom stereocenters. The summed E-state index contributed by atoms with van der Waals surface area (Å²) in [5.41, 5.74) is 23.4. The van der Waals surface area contributed by atoms with Crippen LogP contribution in [0.5, 0.6) is 0 Å². The second kappa shape index (κ2) is 2.77. The van der Waals surface area contributed by atoms with Gasteiger partial charge in [-0.15, -0.1) is 0 Å². The van der Waals surface area contributed by atoms with Crippen molar-refractivity contribution in [2.45, 2.75) is 0 Å². The Hall–Kier alpha value is -2.44. The highest BCUT2D eigenvalue weighted by Crippen LogP contribution is 2.35. The zero-order valence-corrected chi connectivity index (χ0v) is 7.77. The Kier molecular flexibility index (Phi) is 1.69. The molecule has 0 saturated heterocycles. The molecule has 1 aromatic carbocycles. The Morgan fingerprint density at radius 2 is 1.60 bits per heavy atom. The fourth-order valence-corrected chi connectivity index (χ4v) is 1.44. The first-order chi connectivity index (χ1) is 7.04. The molecule has 0 aliphatic carbocycles. The quantitative estimate of drug-likeness (QED) is 0.252. The third kappa shape index (κ3) is 1.06. The van der Waals surface area contributed by atoms with Crippen LogP contribution in [0, 0.1) is 5.21 Å². The number of nitrogen functional groups attached to an aromatic ring is 4. The molecular formula is C8H10N6O. The number of anilines is 4. The number of nitrogens with two attached hydrogens (primary N) is 4. The van der Waals surface area contributed by atoms with Gasteiger partial charge in [0.2, 0.25) is 0 Å². The average molecular weight is 206 g/mol. The molecule has 0 amide bonds. The lowest BCUT2D eigenvalue weighted by Crippen LogP contribution is -2.32. The largest absolute Gasteiger partial charge is 0.594 e. The van der Waals surface area contributed by atoms with Crippen molar-refractivity contribution in [3.05, 3.63) is 17.5 Å². The first-order valence-corrected chi connectivity index (χ1v) is 4.14. The van der Waals surface area contributed by atoms with Gasteiger partial charge in [-0.1, -0.05) is 0 Å². The van der Waals surface area contributed by atoms with Crippen LogP contribution in [0.15, 0.2) is 12.3 Å². The summed E-state index contributed by atoms with van der Waals surface area (Å²) in [4.78, 5) is 0.372. The first-order valence-electron chi connectivity index (χ1n) is 4.14. The molecule has 7 nitrogen and oxygen atoms in total. The fourth-order valence-electron chi connectivity index (χ4n) is 1.44. The van der Waals surface area contributed by atoms with Crippen LogP contribution in [-0.2, 0) is 0 Å². The summed E-state index contributed by atoms with van der Waals surface area (Å²) in [5, 5.41) is 15.3. The van der Waals surface area contributed by atoms with Gasteiger partial charge in [-0.05, 0) is 10.9 Å². The van der Waals surface area contributed by atoms with E-state index in [0.29, 0.717) is 10.2 Å². The summed E-state index contributed by atoms with van der Waals surface area (Å²) >= 11 is 0. The van der Waals surface area contributed by atoms with Gasteiger partial charge >= 0.3 is 0 Å². The van der Waals surface area contributed by atoms with Crippen LogP contribution in [-0.4, -0.2) is 5.10 Å². The molecule has 7 heteroatoms. The molecule has 8 N–H and O–H groups in total. The van der Waals surface area contributed by atoms with Crippen molar-refractivity contribution in [3.8, 4) is 0 Å². The summed E-state index contributed by atoms with van der Waals surface area (Å²) < 4.78 is 0. The number of rotatable bonds is 0. The van der Waals surface area contributed by atoms with E-state index in [0.717, 1.165) is 0 Å². The van der Waals surface area contributed by atoms with Crippen LogP contribution in [0.2, 0.25) is 0 Å². The zero-order chi connectivity index (χ0) is 11.2. The third-order valence-electron chi connectivity index (χ3n) is 2.27. The minimum Gasteiger partial charge on any atom is -0.594 e. The van der Waals surface area contributed by atoms with E-state index in [9.17, 15) is 5.21 Å². The number of hydrogen-bond donors (Lipinski definition) is 4. The van der Waals surface area contributed by atoms with Gasteiger partial charge in [0, 0.05) is 5.10 Å². The lowest BCUT2D eigenvalue weighted by atomic mass is 10.1. The second-order valence-corrected chi connectivity index (χ2v) is 3.12. The maximum absolute atomic E-state index is 11.4. The standard InChI is InChI=1S/C8H10N6O/c9-4-3-1-2-13-14(15)8(3)7(12)6(11)5(4)10/h1-2H,9-12H2. The van der Waals surface area contributed by atoms with Crippen LogP contribution in [0.1, 0.15) is 0 Å². The highest BCUT2D eigenvalue weighted by atomic mass is 16.5. The van der Waals surface area contributed by atoms with Crippen LogP contribution in [0.3, 0.4) is 0 Å². The van der Waals surface area contributed by atoms with Crippen LogP contribution >= 0.6 is 0 Å². The SMILES string of the molecule is Nc1c(N)c(N)c2c(ccn[n+]2[O-])c1N. The highest BCUT2D eigenvalue weighted by Gasteiger charge is 2.18. The topological polar surface area (TPSA) is 144 Å². The molecule has 2 aromatic rings. The summed E-state index contributed by atoms with van der Waals surface area (Å²) in [7, 11) is 0. The summed E-state index contributed by atoms with van der Waals surface area (Å²) in [5.74, 6) is 0. The summed E-state index contributed by atoms with van der Waals surface area (Å²) in [6.07, 6.45) is 1.32. The van der Waals surface area contributed by atoms with Crippen molar-refractivity contribution in [1.82, 2.24) is 5.10 Å². The van der Waals surface area contributed by atoms with Gasteiger partial charge in [0.15, 0.2) is 0 Å². The molecule has 1 heterocycles.